The van der Waals surface area contributed by atoms with Crippen molar-refractivity contribution < 1.29 is 23.2 Å². The molecule has 11 heteroatoms. The van der Waals surface area contributed by atoms with Crippen molar-refractivity contribution in [3.8, 4) is 11.5 Å². The Bertz CT molecular complexity index is 1420. The molecule has 0 spiro atoms. The van der Waals surface area contributed by atoms with E-state index in [0.29, 0.717) is 59.8 Å². The number of amides is 1. The summed E-state index contributed by atoms with van der Waals surface area (Å²) < 4.78 is 31.4. The monoisotopic (exact) mass is 511 g/mol. The summed E-state index contributed by atoms with van der Waals surface area (Å²) in [4.78, 5) is 23.0. The molecule has 9 nitrogen and oxygen atoms in total. The van der Waals surface area contributed by atoms with Crippen molar-refractivity contribution in [2.45, 2.75) is 25.9 Å². The highest BCUT2D eigenvalue weighted by molar-refractivity contribution is 6.31. The summed E-state index contributed by atoms with van der Waals surface area (Å²) in [7, 11) is 1.54. The van der Waals surface area contributed by atoms with E-state index in [-0.39, 0.29) is 28.5 Å². The maximum absolute atomic E-state index is 14.4. The Morgan fingerprint density at radius 3 is 2.72 bits per heavy atom. The van der Waals surface area contributed by atoms with E-state index in [9.17, 15) is 9.18 Å². The molecule has 36 heavy (non-hydrogen) atoms. The van der Waals surface area contributed by atoms with Crippen molar-refractivity contribution in [2.24, 2.45) is 0 Å². The molecule has 2 aromatic heterocycles. The summed E-state index contributed by atoms with van der Waals surface area (Å²) in [5.74, 6) is 0.915. The van der Waals surface area contributed by atoms with Crippen LogP contribution in [0, 0.1) is 12.7 Å². The molecule has 3 heterocycles. The van der Waals surface area contributed by atoms with Crippen LogP contribution in [0.3, 0.4) is 0 Å². The van der Waals surface area contributed by atoms with Crippen LogP contribution in [0.5, 0.6) is 11.5 Å². The van der Waals surface area contributed by atoms with Gasteiger partial charge in [0.05, 0.1) is 29.0 Å². The molecule has 1 aliphatic rings. The molecule has 0 aliphatic carbocycles. The lowest BCUT2D eigenvalue weighted by Crippen LogP contribution is -2.41. The molecule has 1 N–H and O–H groups in total. The molecular weight excluding hydrogens is 489 g/mol. The Morgan fingerprint density at radius 2 is 2.00 bits per heavy atom. The maximum atomic E-state index is 14.4. The summed E-state index contributed by atoms with van der Waals surface area (Å²) in [5.41, 5.74) is 1.46. The van der Waals surface area contributed by atoms with Crippen molar-refractivity contribution in [3.05, 3.63) is 65.0 Å². The molecular formula is C25H23ClFN5O4. The van der Waals surface area contributed by atoms with Gasteiger partial charge in [-0.1, -0.05) is 22.8 Å². The zero-order valence-electron chi connectivity index (χ0n) is 19.6. The molecule has 186 valence electrons. The number of fused-ring (bicyclic) bond motifs is 1. The van der Waals surface area contributed by atoms with E-state index in [2.05, 4.69) is 20.4 Å². The van der Waals surface area contributed by atoms with Crippen molar-refractivity contribution >= 4 is 39.9 Å². The fraction of sp³-hybridized carbons (Fsp3) is 0.280. The highest BCUT2D eigenvalue weighted by Crippen LogP contribution is 2.36. The second-order valence-corrected chi connectivity index (χ2v) is 8.82. The van der Waals surface area contributed by atoms with E-state index in [4.69, 9.17) is 25.6 Å². The van der Waals surface area contributed by atoms with E-state index in [1.165, 1.54) is 12.4 Å². The van der Waals surface area contributed by atoms with Crippen LogP contribution >= 0.6 is 11.6 Å². The van der Waals surface area contributed by atoms with Gasteiger partial charge in [-0.25, -0.2) is 14.4 Å². The zero-order chi connectivity index (χ0) is 25.2. The van der Waals surface area contributed by atoms with Crippen molar-refractivity contribution in [1.29, 1.82) is 0 Å². The number of hydrogen-bond donors (Lipinski definition) is 1. The van der Waals surface area contributed by atoms with Gasteiger partial charge in [-0.15, -0.1) is 0 Å². The van der Waals surface area contributed by atoms with E-state index < -0.39 is 5.82 Å². The van der Waals surface area contributed by atoms with E-state index in [1.807, 2.05) is 0 Å². The van der Waals surface area contributed by atoms with Crippen LogP contribution in [0.2, 0.25) is 5.02 Å². The van der Waals surface area contributed by atoms with E-state index in [0.717, 1.165) is 0 Å². The first kappa shape index (κ1) is 23.8. The first-order valence-corrected chi connectivity index (χ1v) is 11.7. The fourth-order valence-electron chi connectivity index (χ4n) is 4.12. The summed E-state index contributed by atoms with van der Waals surface area (Å²) in [6.45, 7) is 2.83. The number of aryl methyl sites for hydroxylation is 1. The predicted octanol–water partition coefficient (Wildman–Crippen LogP) is 5.15. The zero-order valence-corrected chi connectivity index (χ0v) is 20.4. The van der Waals surface area contributed by atoms with Gasteiger partial charge in [-0.05, 0) is 25.1 Å². The number of halogens is 2. The number of rotatable bonds is 6. The number of hydrogen-bond acceptors (Lipinski definition) is 8. The first-order chi connectivity index (χ1) is 17.4. The molecule has 1 fully saturated rings. The SMILES string of the molecule is COc1cc2c(Nc3cccc(Cl)c3F)ncnc2cc1OC1CCN(C(=O)c2cc(C)no2)CC1. The van der Waals surface area contributed by atoms with Gasteiger partial charge in [0.2, 0.25) is 5.76 Å². The van der Waals surface area contributed by atoms with E-state index >= 15 is 0 Å². The average Bonchev–Trinajstić information content (AvgIpc) is 3.33. The van der Waals surface area contributed by atoms with Gasteiger partial charge in [0.15, 0.2) is 17.3 Å². The average molecular weight is 512 g/mol. The van der Waals surface area contributed by atoms with Crippen LogP contribution in [-0.4, -0.2) is 52.2 Å². The number of ether oxygens (including phenoxy) is 2. The lowest BCUT2D eigenvalue weighted by molar-refractivity contribution is 0.0554. The maximum Gasteiger partial charge on any atom is 0.292 e. The van der Waals surface area contributed by atoms with Crippen LogP contribution in [-0.2, 0) is 0 Å². The topological polar surface area (TPSA) is 103 Å². The third-order valence-corrected chi connectivity index (χ3v) is 6.28. The number of nitrogens with one attached hydrogen (secondary N) is 1. The Morgan fingerprint density at radius 1 is 1.19 bits per heavy atom. The van der Waals surface area contributed by atoms with Crippen LogP contribution in [0.1, 0.15) is 29.1 Å². The highest BCUT2D eigenvalue weighted by Gasteiger charge is 2.27. The number of carbonyl (C=O) groups is 1. The molecule has 0 bridgehead atoms. The van der Waals surface area contributed by atoms with Gasteiger partial charge in [-0.2, -0.15) is 0 Å². The largest absolute Gasteiger partial charge is 0.493 e. The van der Waals surface area contributed by atoms with Crippen LogP contribution in [0.4, 0.5) is 15.9 Å². The second kappa shape index (κ2) is 9.98. The van der Waals surface area contributed by atoms with Gasteiger partial charge in [-0.3, -0.25) is 4.79 Å². The number of nitrogens with zero attached hydrogens (tertiary/aromatic N) is 4. The Kier molecular flexibility index (Phi) is 6.60. The lowest BCUT2D eigenvalue weighted by atomic mass is 10.1. The predicted molar refractivity (Wildman–Crippen MR) is 132 cm³/mol. The van der Waals surface area contributed by atoms with Crippen LogP contribution in [0.15, 0.2) is 47.2 Å². The van der Waals surface area contributed by atoms with Crippen molar-refractivity contribution in [2.75, 3.05) is 25.5 Å². The van der Waals surface area contributed by atoms with Gasteiger partial charge in [0, 0.05) is 43.5 Å². The number of carbonyl (C=O) groups excluding carboxylic acids is 1. The molecule has 5 rings (SSSR count). The minimum absolute atomic E-state index is 0.00955. The number of likely N-dealkylation sites (tertiary alicyclic amines) is 1. The lowest BCUT2D eigenvalue weighted by Gasteiger charge is -2.31. The van der Waals surface area contributed by atoms with Gasteiger partial charge in [0.25, 0.3) is 5.91 Å². The Hall–Kier alpha value is -3.92. The number of methoxy groups -OCH3 is 1. The smallest absolute Gasteiger partial charge is 0.292 e. The van der Waals surface area contributed by atoms with Gasteiger partial charge in [0.1, 0.15) is 18.2 Å². The number of aromatic nitrogens is 3. The minimum atomic E-state index is -0.568. The Labute approximate surface area is 211 Å². The Balaban J connectivity index is 1.33. The minimum Gasteiger partial charge on any atom is -0.493 e. The molecule has 2 aromatic carbocycles. The molecule has 4 aromatic rings. The van der Waals surface area contributed by atoms with Gasteiger partial charge >= 0.3 is 0 Å². The summed E-state index contributed by atoms with van der Waals surface area (Å²) in [6.07, 6.45) is 2.56. The first-order valence-electron chi connectivity index (χ1n) is 11.4. The normalized spacial score (nSPS) is 14.2. The van der Waals surface area contributed by atoms with Crippen molar-refractivity contribution in [3.63, 3.8) is 0 Å². The molecule has 0 atom stereocenters. The molecule has 0 unspecified atom stereocenters. The number of anilines is 2. The molecule has 0 saturated carbocycles. The van der Waals surface area contributed by atoms with Gasteiger partial charge < -0.3 is 24.2 Å². The number of benzene rings is 2. The second-order valence-electron chi connectivity index (χ2n) is 8.41. The summed E-state index contributed by atoms with van der Waals surface area (Å²) >= 11 is 5.90. The number of piperidine rings is 1. The standard InChI is InChI=1S/C25H23ClFN5O4/c1-14-10-22(36-31-14)25(33)32-8-6-15(7-9-32)35-21-12-19-16(11-20(21)34-2)24(29-13-28-19)30-18-5-3-4-17(26)23(18)27/h3-5,10-13,15H,6-9H2,1-2H3,(H,28,29,30). The third-order valence-electron chi connectivity index (χ3n) is 5.99. The summed E-state index contributed by atoms with van der Waals surface area (Å²) in [6, 6.07) is 9.85. The fourth-order valence-corrected chi connectivity index (χ4v) is 4.29. The quantitative estimate of drug-likeness (QED) is 0.379. The highest BCUT2D eigenvalue weighted by atomic mass is 35.5. The van der Waals surface area contributed by atoms with Crippen LogP contribution < -0.4 is 14.8 Å². The molecule has 1 amide bonds. The molecule has 0 radical (unpaired) electrons. The van der Waals surface area contributed by atoms with E-state index in [1.54, 1.807) is 49.3 Å². The van der Waals surface area contributed by atoms with Crippen LogP contribution in [0.25, 0.3) is 10.9 Å². The molecule has 1 saturated heterocycles. The third kappa shape index (κ3) is 4.76. The van der Waals surface area contributed by atoms with Crippen molar-refractivity contribution in [1.82, 2.24) is 20.0 Å². The summed E-state index contributed by atoms with van der Waals surface area (Å²) in [5, 5.41) is 7.40. The molecule has 1 aliphatic heterocycles.